The smallest absolute Gasteiger partial charge is 0.227 e. The second kappa shape index (κ2) is 12.8. The molecule has 0 bridgehead atoms. The molecule has 0 radical (unpaired) electrons. The van der Waals surface area contributed by atoms with Crippen molar-refractivity contribution < 1.29 is 4.42 Å². The molecule has 6 aromatic carbocycles. The largest absolute Gasteiger partial charge is 0.436 e. The van der Waals surface area contributed by atoms with Crippen molar-refractivity contribution in [2.45, 2.75) is 0 Å². The van der Waals surface area contributed by atoms with Gasteiger partial charge in [0.05, 0.1) is 34.0 Å². The lowest BCUT2D eigenvalue weighted by atomic mass is 9.98. The first-order chi connectivity index (χ1) is 26.2. The van der Waals surface area contributed by atoms with Crippen LogP contribution in [0, 0.1) is 0 Å². The molecule has 0 atom stereocenters. The molecule has 0 saturated carbocycles. The third-order valence-electron chi connectivity index (χ3n) is 9.54. The molecule has 4 aromatic heterocycles. The maximum absolute atomic E-state index is 6.27. The van der Waals surface area contributed by atoms with Gasteiger partial charge in [-0.25, -0.2) is 24.9 Å². The Kier molecular flexibility index (Phi) is 7.36. The summed E-state index contributed by atoms with van der Waals surface area (Å²) in [7, 11) is 0. The van der Waals surface area contributed by atoms with Crippen LogP contribution < -0.4 is 0 Å². The van der Waals surface area contributed by atoms with Crippen LogP contribution in [0.4, 0.5) is 0 Å². The fraction of sp³-hybridized carbons (Fsp3) is 0. The second-order valence-electron chi connectivity index (χ2n) is 12.9. The maximum Gasteiger partial charge on any atom is 0.227 e. The minimum atomic E-state index is 0.601. The van der Waals surface area contributed by atoms with Gasteiger partial charge < -0.3 is 4.42 Å². The molecule has 0 saturated heterocycles. The summed E-state index contributed by atoms with van der Waals surface area (Å²) in [6.07, 6.45) is 0. The normalized spacial score (nSPS) is 11.4. The predicted molar refractivity (Wildman–Crippen MR) is 213 cm³/mol. The third kappa shape index (κ3) is 5.59. The van der Waals surface area contributed by atoms with Gasteiger partial charge in [0, 0.05) is 44.0 Å². The number of benzene rings is 6. The summed E-state index contributed by atoms with van der Waals surface area (Å²) in [4.78, 5) is 25.2. The Morgan fingerprint density at radius 3 is 1.75 bits per heavy atom. The number of para-hydroxylation sites is 1. The summed E-state index contributed by atoms with van der Waals surface area (Å²) < 4.78 is 6.27. The monoisotopic (exact) mass is 679 g/mol. The van der Waals surface area contributed by atoms with Gasteiger partial charge in [0.25, 0.3) is 0 Å². The molecule has 6 heteroatoms. The van der Waals surface area contributed by atoms with Crippen LogP contribution in [0.15, 0.2) is 180 Å². The average Bonchev–Trinajstić information content (AvgIpc) is 3.69. The topological polar surface area (TPSA) is 77.6 Å². The van der Waals surface area contributed by atoms with Gasteiger partial charge in [-0.05, 0) is 48.5 Å². The van der Waals surface area contributed by atoms with Crippen molar-refractivity contribution >= 4 is 32.8 Å². The first kappa shape index (κ1) is 30.5. The van der Waals surface area contributed by atoms with E-state index in [-0.39, 0.29) is 0 Å². The third-order valence-corrected chi connectivity index (χ3v) is 9.54. The molecular weight excluding hydrogens is 651 g/mol. The van der Waals surface area contributed by atoms with Crippen molar-refractivity contribution in [1.29, 1.82) is 0 Å². The Balaban J connectivity index is 1.05. The summed E-state index contributed by atoms with van der Waals surface area (Å²) in [5.74, 6) is 1.26. The number of hydrogen-bond donors (Lipinski definition) is 0. The number of pyridine rings is 2. The molecule has 10 aromatic rings. The Morgan fingerprint density at radius 2 is 0.981 bits per heavy atom. The van der Waals surface area contributed by atoms with Crippen molar-refractivity contribution in [1.82, 2.24) is 24.9 Å². The van der Waals surface area contributed by atoms with Crippen LogP contribution in [0.2, 0.25) is 0 Å². The molecule has 0 aliphatic rings. The van der Waals surface area contributed by atoms with Crippen LogP contribution in [0.25, 0.3) is 101 Å². The number of aromatic nitrogens is 5. The van der Waals surface area contributed by atoms with Gasteiger partial charge in [-0.1, -0.05) is 127 Å². The van der Waals surface area contributed by atoms with Gasteiger partial charge in [-0.2, -0.15) is 0 Å². The highest BCUT2D eigenvalue weighted by atomic mass is 16.3. The standard InChI is InChI=1S/C47H29N5O/c1-4-13-30(14-5-1)40-29-41(51-46(50-40)33-15-6-2-7-16-33)39-22-12-21-37(48-39)31-23-25-32(26-24-31)44-36-27-28-42-45(43(36)35-19-10-11-20-38(35)49-44)52-47(53-42)34-17-8-3-9-18-34/h1-29H. The van der Waals surface area contributed by atoms with Crippen LogP contribution in [-0.4, -0.2) is 24.9 Å². The molecule has 0 aliphatic heterocycles. The molecule has 0 fully saturated rings. The first-order valence-corrected chi connectivity index (χ1v) is 17.5. The van der Waals surface area contributed by atoms with Gasteiger partial charge in [0.15, 0.2) is 11.4 Å². The van der Waals surface area contributed by atoms with Crippen LogP contribution in [0.3, 0.4) is 0 Å². The Bertz CT molecular complexity index is 2870. The molecule has 4 heterocycles. The number of oxazole rings is 1. The van der Waals surface area contributed by atoms with E-state index in [2.05, 4.69) is 54.6 Å². The minimum Gasteiger partial charge on any atom is -0.436 e. The van der Waals surface area contributed by atoms with Crippen LogP contribution in [0.1, 0.15) is 0 Å². The van der Waals surface area contributed by atoms with Crippen molar-refractivity contribution in [2.24, 2.45) is 0 Å². The molecule has 0 spiro atoms. The van der Waals surface area contributed by atoms with E-state index in [1.165, 1.54) is 0 Å². The van der Waals surface area contributed by atoms with Gasteiger partial charge in [-0.15, -0.1) is 0 Å². The van der Waals surface area contributed by atoms with Crippen molar-refractivity contribution in [3.63, 3.8) is 0 Å². The van der Waals surface area contributed by atoms with Crippen LogP contribution >= 0.6 is 0 Å². The SMILES string of the molecule is c1ccc(-c2cc(-c3cccc(-c4ccc(-c5nc6ccccc6c6c5ccc5oc(-c7ccccc7)nc56)cc4)n3)nc(-c3ccccc3)n2)cc1. The van der Waals surface area contributed by atoms with Crippen molar-refractivity contribution in [3.05, 3.63) is 176 Å². The lowest BCUT2D eigenvalue weighted by molar-refractivity contribution is 0.620. The highest BCUT2D eigenvalue weighted by Crippen LogP contribution is 2.39. The van der Waals surface area contributed by atoms with Crippen molar-refractivity contribution in [3.8, 4) is 68.0 Å². The van der Waals surface area contributed by atoms with Gasteiger partial charge >= 0.3 is 0 Å². The molecule has 53 heavy (non-hydrogen) atoms. The minimum absolute atomic E-state index is 0.601. The molecule has 6 nitrogen and oxygen atoms in total. The molecule has 0 N–H and O–H groups in total. The zero-order valence-electron chi connectivity index (χ0n) is 28.4. The van der Waals surface area contributed by atoms with E-state index in [1.807, 2.05) is 121 Å². The van der Waals surface area contributed by atoms with Crippen LogP contribution in [0.5, 0.6) is 0 Å². The van der Waals surface area contributed by atoms with E-state index >= 15 is 0 Å². The van der Waals surface area contributed by atoms with Gasteiger partial charge in [0.1, 0.15) is 5.52 Å². The Hall–Kier alpha value is -7.31. The second-order valence-corrected chi connectivity index (χ2v) is 12.9. The lowest BCUT2D eigenvalue weighted by Gasteiger charge is -2.12. The number of rotatable bonds is 6. The predicted octanol–water partition coefficient (Wildman–Crippen LogP) is 11.7. The van der Waals surface area contributed by atoms with E-state index in [1.54, 1.807) is 0 Å². The number of hydrogen-bond acceptors (Lipinski definition) is 6. The highest BCUT2D eigenvalue weighted by Gasteiger charge is 2.18. The zero-order valence-corrected chi connectivity index (χ0v) is 28.4. The molecular formula is C47H29N5O. The Labute approximate surface area is 305 Å². The maximum atomic E-state index is 6.27. The molecule has 0 amide bonds. The Morgan fingerprint density at radius 1 is 0.358 bits per heavy atom. The van der Waals surface area contributed by atoms with Gasteiger partial charge in [0.2, 0.25) is 5.89 Å². The lowest BCUT2D eigenvalue weighted by Crippen LogP contribution is -1.97. The van der Waals surface area contributed by atoms with E-state index in [9.17, 15) is 0 Å². The van der Waals surface area contributed by atoms with E-state index in [0.717, 1.165) is 89.1 Å². The quantitative estimate of drug-likeness (QED) is 0.163. The highest BCUT2D eigenvalue weighted by molar-refractivity contribution is 6.20. The summed E-state index contributed by atoms with van der Waals surface area (Å²) >= 11 is 0. The summed E-state index contributed by atoms with van der Waals surface area (Å²) in [6, 6.07) is 59.1. The number of nitrogens with zero attached hydrogens (tertiary/aromatic N) is 5. The van der Waals surface area contributed by atoms with E-state index in [0.29, 0.717) is 11.7 Å². The summed E-state index contributed by atoms with van der Waals surface area (Å²) in [5, 5.41) is 3.09. The number of fused-ring (bicyclic) bond motifs is 5. The van der Waals surface area contributed by atoms with Gasteiger partial charge in [-0.3, -0.25) is 0 Å². The molecule has 248 valence electrons. The molecule has 0 aliphatic carbocycles. The molecule has 10 rings (SSSR count). The molecule has 0 unspecified atom stereocenters. The fourth-order valence-electron chi connectivity index (χ4n) is 6.94. The first-order valence-electron chi connectivity index (χ1n) is 17.5. The fourth-order valence-corrected chi connectivity index (χ4v) is 6.94. The summed E-state index contributed by atoms with van der Waals surface area (Å²) in [5.41, 5.74) is 11.5. The average molecular weight is 680 g/mol. The van der Waals surface area contributed by atoms with Crippen molar-refractivity contribution in [2.75, 3.05) is 0 Å². The van der Waals surface area contributed by atoms with E-state index < -0.39 is 0 Å². The van der Waals surface area contributed by atoms with Crippen LogP contribution in [-0.2, 0) is 0 Å². The van der Waals surface area contributed by atoms with E-state index in [4.69, 9.17) is 29.3 Å². The summed E-state index contributed by atoms with van der Waals surface area (Å²) in [6.45, 7) is 0. The zero-order chi connectivity index (χ0) is 35.1.